The molecule has 0 aliphatic heterocycles. The van der Waals surface area contributed by atoms with Crippen LogP contribution in [0.1, 0.15) is 33.4 Å². The van der Waals surface area contributed by atoms with E-state index >= 15 is 0 Å². The summed E-state index contributed by atoms with van der Waals surface area (Å²) in [6.07, 6.45) is 2.10. The van der Waals surface area contributed by atoms with Gasteiger partial charge < -0.3 is 21.3 Å². The molecule has 0 radical (unpaired) electrons. The lowest BCUT2D eigenvalue weighted by atomic mass is 10.1. The molecule has 2 heterocycles. The summed E-state index contributed by atoms with van der Waals surface area (Å²) >= 11 is 0. The maximum Gasteiger partial charge on any atom is 0.397 e. The van der Waals surface area contributed by atoms with Crippen LogP contribution in [-0.4, -0.2) is 130 Å². The number of rotatable bonds is 28. The van der Waals surface area contributed by atoms with Crippen molar-refractivity contribution in [2.75, 3.05) is 72.2 Å². The molecule has 4 aromatic rings. The van der Waals surface area contributed by atoms with Crippen molar-refractivity contribution in [1.82, 2.24) is 9.97 Å². The first-order valence-electron chi connectivity index (χ1n) is 20.9. The van der Waals surface area contributed by atoms with Gasteiger partial charge in [0.25, 0.3) is 20.2 Å². The van der Waals surface area contributed by atoms with E-state index in [-0.39, 0.29) is 106 Å². The molecule has 0 atom stereocenters. The molecule has 0 unspecified atom stereocenters. The predicted molar refractivity (Wildman–Crippen MR) is 274 cm³/mol. The fourth-order valence-corrected chi connectivity index (χ4v) is 9.22. The molecule has 4 rings (SSSR count). The Hall–Kier alpha value is -7.20. The molecule has 0 saturated carbocycles. The van der Waals surface area contributed by atoms with Crippen LogP contribution in [0.4, 0.5) is 46.0 Å². The summed E-state index contributed by atoms with van der Waals surface area (Å²) in [5.41, 5.74) is -1.48. The largest absolute Gasteiger partial charge is 0.397 e. The van der Waals surface area contributed by atoms with Crippen LogP contribution in [0.25, 0.3) is 12.2 Å². The molecule has 0 saturated heterocycles. The molecule has 30 nitrogen and oxygen atoms in total. The van der Waals surface area contributed by atoms with Crippen molar-refractivity contribution in [3.63, 3.8) is 0 Å². The molecule has 0 amide bonds. The van der Waals surface area contributed by atoms with Crippen LogP contribution in [0, 0.1) is 36.5 Å². The number of azo groups is 2. The van der Waals surface area contributed by atoms with Gasteiger partial charge >= 0.3 is 20.8 Å². The van der Waals surface area contributed by atoms with Gasteiger partial charge in [0.05, 0.1) is 47.2 Å². The highest BCUT2D eigenvalue weighted by atomic mass is 32.3. The van der Waals surface area contributed by atoms with Gasteiger partial charge in [-0.2, -0.15) is 54.4 Å². The van der Waals surface area contributed by atoms with E-state index in [4.69, 9.17) is 9.11 Å². The molecule has 0 bridgehead atoms. The van der Waals surface area contributed by atoms with Gasteiger partial charge in [0.15, 0.2) is 31.3 Å². The van der Waals surface area contributed by atoms with E-state index in [1.165, 1.54) is 26.0 Å². The number of benzene rings is 2. The average molecular weight is 1170 g/mol. The third-order valence-electron chi connectivity index (χ3n) is 9.70. The van der Waals surface area contributed by atoms with E-state index in [9.17, 15) is 70.1 Å². The first-order valence-corrected chi connectivity index (χ1v) is 29.9. The number of nitrogens with zero attached hydrogens (tertiary/aromatic N) is 8. The predicted octanol–water partition coefficient (Wildman–Crippen LogP) is 4.73. The second-order valence-corrected chi connectivity index (χ2v) is 24.0. The van der Waals surface area contributed by atoms with Crippen molar-refractivity contribution in [3.8, 4) is 12.1 Å². The Morgan fingerprint density at radius 1 is 0.553 bits per heavy atom. The van der Waals surface area contributed by atoms with Crippen LogP contribution < -0.4 is 21.3 Å². The Balaban J connectivity index is 1.74. The third-order valence-corrected chi connectivity index (χ3v) is 15.0. The van der Waals surface area contributed by atoms with Crippen molar-refractivity contribution in [2.24, 2.45) is 20.5 Å². The highest BCUT2D eigenvalue weighted by Gasteiger charge is 2.22. The SMILES string of the molecule is C=CS(=O)(=O)CCNc1nc(NCCOS(=O)(=O)O)c(N=Nc2ccc(C=Cc3ccc(N=Nc4c(NCCOS(=O)(=O)O)nc(NCCS(=O)(=O)C=C)c(C#N)c4C)cc3S(=O)(=O)O)c(S(=O)(=O)O)c2)c(C)c1C#N. The fourth-order valence-electron chi connectivity index (χ4n) is 6.12. The van der Waals surface area contributed by atoms with E-state index in [0.29, 0.717) is 0 Å². The fraction of sp³-hybridized carbons (Fsp3) is 0.250. The van der Waals surface area contributed by atoms with Crippen LogP contribution in [-0.2, 0) is 69.1 Å². The summed E-state index contributed by atoms with van der Waals surface area (Å²) in [5.74, 6) is -1.53. The van der Waals surface area contributed by atoms with Crippen LogP contribution in [0.15, 0.2) is 90.6 Å². The van der Waals surface area contributed by atoms with Gasteiger partial charge in [-0.25, -0.2) is 35.2 Å². The highest BCUT2D eigenvalue weighted by molar-refractivity contribution is 7.94. The molecule has 8 N–H and O–H groups in total. The van der Waals surface area contributed by atoms with Crippen molar-refractivity contribution >= 4 is 119 Å². The normalized spacial score (nSPS) is 12.6. The van der Waals surface area contributed by atoms with E-state index in [1.807, 2.05) is 12.1 Å². The lowest BCUT2D eigenvalue weighted by molar-refractivity contribution is 0.277. The number of pyridine rings is 2. The Morgan fingerprint density at radius 2 is 0.895 bits per heavy atom. The number of sulfone groups is 2. The van der Waals surface area contributed by atoms with E-state index in [1.54, 1.807) is 0 Å². The Kier molecular flexibility index (Phi) is 20.6. The van der Waals surface area contributed by atoms with Gasteiger partial charge in [0.2, 0.25) is 0 Å². The van der Waals surface area contributed by atoms with E-state index in [0.717, 1.165) is 47.2 Å². The summed E-state index contributed by atoms with van der Waals surface area (Å²) in [5, 5.41) is 48.5. The Labute approximate surface area is 436 Å². The Morgan fingerprint density at radius 3 is 1.20 bits per heavy atom. The van der Waals surface area contributed by atoms with E-state index < -0.39 is 95.2 Å². The number of anilines is 4. The second kappa shape index (κ2) is 25.6. The molecule has 0 fully saturated rings. The minimum absolute atomic E-state index is 0.0779. The zero-order chi connectivity index (χ0) is 56.9. The lowest BCUT2D eigenvalue weighted by Crippen LogP contribution is -2.17. The minimum atomic E-state index is -5.11. The molecular formula is C40H44N12O18S6. The van der Waals surface area contributed by atoms with Gasteiger partial charge in [-0.05, 0) is 49.2 Å². The zero-order valence-electron chi connectivity index (χ0n) is 39.4. The molecule has 0 aliphatic rings. The number of hydrogen-bond acceptors (Lipinski definition) is 26. The van der Waals surface area contributed by atoms with Gasteiger partial charge in [-0.1, -0.05) is 37.4 Å². The maximum atomic E-state index is 12.7. The quantitative estimate of drug-likeness (QED) is 0.0165. The minimum Gasteiger partial charge on any atom is -0.368 e. The Bertz CT molecular complexity index is 3560. The maximum absolute atomic E-state index is 12.7. The van der Waals surface area contributed by atoms with Crippen molar-refractivity contribution < 1.29 is 77.1 Å². The van der Waals surface area contributed by atoms with Gasteiger partial charge in [-0.3, -0.25) is 18.2 Å². The third kappa shape index (κ3) is 18.3. The molecule has 76 heavy (non-hydrogen) atoms. The molecule has 36 heteroatoms. The number of nitrogens with one attached hydrogen (secondary N) is 4. The molecule has 0 spiro atoms. The zero-order valence-corrected chi connectivity index (χ0v) is 44.3. The van der Waals surface area contributed by atoms with Gasteiger partial charge in [-0.15, -0.1) is 10.2 Å². The van der Waals surface area contributed by atoms with Crippen LogP contribution in [0.3, 0.4) is 0 Å². The second-order valence-electron chi connectivity index (χ2n) is 14.9. The highest BCUT2D eigenvalue weighted by Crippen LogP contribution is 2.37. The molecule has 408 valence electrons. The van der Waals surface area contributed by atoms with Crippen molar-refractivity contribution in [1.29, 1.82) is 10.5 Å². The van der Waals surface area contributed by atoms with Crippen molar-refractivity contribution in [3.05, 3.63) is 93.8 Å². The topological polar surface area (TPSA) is 475 Å². The summed E-state index contributed by atoms with van der Waals surface area (Å²) in [6.45, 7) is 6.79. The van der Waals surface area contributed by atoms with Crippen LogP contribution in [0.5, 0.6) is 0 Å². The van der Waals surface area contributed by atoms with Crippen LogP contribution >= 0.6 is 0 Å². The number of aromatic nitrogens is 2. The average Bonchev–Trinajstić information content (AvgIpc) is 3.32. The molecule has 0 aliphatic carbocycles. The molecule has 2 aromatic carbocycles. The van der Waals surface area contributed by atoms with Crippen molar-refractivity contribution in [2.45, 2.75) is 23.6 Å². The smallest absolute Gasteiger partial charge is 0.368 e. The standard InChI is InChI=1S/C40H44N12O18S6/c1-5-71(53,54)19-15-45-37-31(23-41)25(3)35(39(47-37)43-13-17-69-75(63,64)65)51-49-29-11-9-27(33(21-29)73(57,58)59)7-8-28-10-12-30(22-34(28)74(60,61)62)50-52-36-26(4)32(24-42)38(46-16-20-72(55,56)6-2)48-40(36)44-14-18-70-76(66,67)68/h5-12,21-22H,1-2,13-20H2,3-4H3,(H2,43,45,47)(H2,44,46,48)(H,57,58,59)(H,60,61,62)(H,63,64,65)(H,66,67,68). The van der Waals surface area contributed by atoms with E-state index in [2.05, 4.69) is 73.2 Å². The molecule has 2 aromatic heterocycles. The summed E-state index contributed by atoms with van der Waals surface area (Å²) < 4.78 is 190. The monoisotopic (exact) mass is 1170 g/mol. The summed E-state index contributed by atoms with van der Waals surface area (Å²) in [7, 11) is -27.3. The summed E-state index contributed by atoms with van der Waals surface area (Å²) in [4.78, 5) is 6.94. The summed E-state index contributed by atoms with van der Waals surface area (Å²) in [6, 6.07) is 10.2. The molecular weight excluding hydrogens is 1130 g/mol. The van der Waals surface area contributed by atoms with Crippen LogP contribution in [0.2, 0.25) is 0 Å². The van der Waals surface area contributed by atoms with Gasteiger partial charge in [0, 0.05) is 48.1 Å². The lowest BCUT2D eigenvalue weighted by Gasteiger charge is -2.15. The first-order chi connectivity index (χ1) is 35.3. The number of hydrogen-bond donors (Lipinski definition) is 8. The number of nitriles is 2. The van der Waals surface area contributed by atoms with Gasteiger partial charge in [0.1, 0.15) is 44.9 Å². The first kappa shape index (κ1) is 61.3.